The second-order valence-corrected chi connectivity index (χ2v) is 8.55. The zero-order valence-corrected chi connectivity index (χ0v) is 14.4. The van der Waals surface area contributed by atoms with E-state index in [1.807, 2.05) is 13.8 Å². The smallest absolute Gasteiger partial charge is 0.309 e. The molecule has 21 heavy (non-hydrogen) atoms. The fraction of sp³-hybridized carbons (Fsp3) is 0.941. The quantitative estimate of drug-likeness (QED) is 0.869. The molecule has 4 heteroatoms. The first-order valence-electron chi connectivity index (χ1n) is 8.13. The van der Waals surface area contributed by atoms with Gasteiger partial charge in [-0.25, -0.2) is 0 Å². The normalized spacial score (nSPS) is 33.0. The molecule has 2 unspecified atom stereocenters. The molecule has 0 saturated carbocycles. The summed E-state index contributed by atoms with van der Waals surface area (Å²) in [6.07, 6.45) is 3.10. The lowest BCUT2D eigenvalue weighted by atomic mass is 9.74. The Morgan fingerprint density at radius 3 is 2.38 bits per heavy atom. The zero-order valence-electron chi connectivity index (χ0n) is 14.4. The minimum absolute atomic E-state index is 0.0938. The summed E-state index contributed by atoms with van der Waals surface area (Å²) in [7, 11) is 0. The van der Waals surface area contributed by atoms with Crippen LogP contribution >= 0.6 is 0 Å². The molecule has 0 aromatic rings. The molecule has 4 nitrogen and oxygen atoms in total. The van der Waals surface area contributed by atoms with Crippen molar-refractivity contribution in [3.8, 4) is 0 Å². The molecular weight excluding hydrogens is 266 g/mol. The van der Waals surface area contributed by atoms with E-state index in [1.54, 1.807) is 0 Å². The first kappa shape index (κ1) is 16.8. The van der Waals surface area contributed by atoms with Gasteiger partial charge in [0.2, 0.25) is 0 Å². The SMILES string of the molecule is CC1(C)CC(N2CCCC(C(C)(C)C(=O)O)C2)C(C)(C)O1. The lowest BCUT2D eigenvalue weighted by Gasteiger charge is -2.44. The molecule has 0 bridgehead atoms. The Hall–Kier alpha value is -0.610. The number of nitrogens with zero attached hydrogens (tertiary/aromatic N) is 1. The maximum atomic E-state index is 11.5. The van der Waals surface area contributed by atoms with Crippen LogP contribution in [0.1, 0.15) is 60.8 Å². The highest BCUT2D eigenvalue weighted by atomic mass is 16.5. The number of ether oxygens (including phenoxy) is 1. The molecule has 1 N–H and O–H groups in total. The lowest BCUT2D eigenvalue weighted by Crippen LogP contribution is -2.53. The second kappa shape index (κ2) is 5.24. The molecule has 0 radical (unpaired) electrons. The van der Waals surface area contributed by atoms with Gasteiger partial charge in [-0.15, -0.1) is 0 Å². The Bertz CT molecular complexity index is 414. The van der Waals surface area contributed by atoms with Crippen molar-refractivity contribution in [2.45, 2.75) is 78.0 Å². The van der Waals surface area contributed by atoms with E-state index in [0.717, 1.165) is 32.4 Å². The number of hydrogen-bond acceptors (Lipinski definition) is 3. The number of carboxylic acid groups (broad SMARTS) is 1. The molecule has 0 spiro atoms. The molecule has 0 aromatic carbocycles. The van der Waals surface area contributed by atoms with Crippen molar-refractivity contribution < 1.29 is 14.6 Å². The van der Waals surface area contributed by atoms with Crippen LogP contribution in [0.4, 0.5) is 0 Å². The average Bonchev–Trinajstić information content (AvgIpc) is 2.57. The summed E-state index contributed by atoms with van der Waals surface area (Å²) in [5.74, 6) is -0.472. The average molecular weight is 297 g/mol. The highest BCUT2D eigenvalue weighted by Gasteiger charge is 2.50. The third-order valence-electron chi connectivity index (χ3n) is 5.49. The number of carbonyl (C=O) groups is 1. The fourth-order valence-corrected chi connectivity index (χ4v) is 4.16. The largest absolute Gasteiger partial charge is 0.481 e. The number of hydrogen-bond donors (Lipinski definition) is 1. The van der Waals surface area contributed by atoms with Crippen LogP contribution in [-0.4, -0.2) is 46.3 Å². The highest BCUT2D eigenvalue weighted by Crippen LogP contribution is 2.43. The van der Waals surface area contributed by atoms with Crippen LogP contribution in [-0.2, 0) is 9.53 Å². The predicted octanol–water partition coefficient (Wildman–Crippen LogP) is 3.16. The summed E-state index contributed by atoms with van der Waals surface area (Å²) < 4.78 is 6.21. The van der Waals surface area contributed by atoms with E-state index >= 15 is 0 Å². The van der Waals surface area contributed by atoms with Crippen LogP contribution < -0.4 is 0 Å². The fourth-order valence-electron chi connectivity index (χ4n) is 4.16. The van der Waals surface area contributed by atoms with Crippen LogP contribution in [0.5, 0.6) is 0 Å². The van der Waals surface area contributed by atoms with Crippen LogP contribution in [0.25, 0.3) is 0 Å². The third kappa shape index (κ3) is 3.26. The highest BCUT2D eigenvalue weighted by molar-refractivity contribution is 5.74. The maximum Gasteiger partial charge on any atom is 0.309 e. The minimum atomic E-state index is -0.684. The summed E-state index contributed by atoms with van der Waals surface area (Å²) in [6.45, 7) is 14.3. The predicted molar refractivity (Wildman–Crippen MR) is 83.4 cm³/mol. The first-order valence-corrected chi connectivity index (χ1v) is 8.13. The standard InChI is InChI=1S/C17H31NO3/c1-15(2)10-13(17(5,6)21-15)18-9-7-8-12(11-18)16(3,4)14(19)20/h12-13H,7-11H2,1-6H3,(H,19,20). The van der Waals surface area contributed by atoms with E-state index in [4.69, 9.17) is 4.74 Å². The van der Waals surface area contributed by atoms with Crippen LogP contribution in [0, 0.1) is 11.3 Å². The van der Waals surface area contributed by atoms with Crippen molar-refractivity contribution in [1.82, 2.24) is 4.90 Å². The van der Waals surface area contributed by atoms with Crippen LogP contribution in [0.15, 0.2) is 0 Å². The third-order valence-corrected chi connectivity index (χ3v) is 5.49. The second-order valence-electron chi connectivity index (χ2n) is 8.55. The van der Waals surface area contributed by atoms with Crippen molar-refractivity contribution in [2.75, 3.05) is 13.1 Å². The van der Waals surface area contributed by atoms with Gasteiger partial charge in [0.05, 0.1) is 16.6 Å². The van der Waals surface area contributed by atoms with Gasteiger partial charge in [0.25, 0.3) is 0 Å². The van der Waals surface area contributed by atoms with E-state index < -0.39 is 11.4 Å². The van der Waals surface area contributed by atoms with Gasteiger partial charge < -0.3 is 9.84 Å². The summed E-state index contributed by atoms with van der Waals surface area (Å²) >= 11 is 0. The Kier molecular flexibility index (Phi) is 4.18. The Labute approximate surface area is 128 Å². The molecule has 122 valence electrons. The molecule has 2 fully saturated rings. The van der Waals surface area contributed by atoms with Gasteiger partial charge in [-0.2, -0.15) is 0 Å². The van der Waals surface area contributed by atoms with Gasteiger partial charge in [-0.05, 0) is 73.3 Å². The van der Waals surface area contributed by atoms with E-state index in [2.05, 4.69) is 32.6 Å². The van der Waals surface area contributed by atoms with E-state index in [1.165, 1.54) is 0 Å². The van der Waals surface area contributed by atoms with Crippen molar-refractivity contribution in [2.24, 2.45) is 11.3 Å². The summed E-state index contributed by atoms with van der Waals surface area (Å²) in [5, 5.41) is 9.49. The van der Waals surface area contributed by atoms with Crippen LogP contribution in [0.2, 0.25) is 0 Å². The number of aliphatic carboxylic acids is 1. The maximum absolute atomic E-state index is 11.5. The first-order chi connectivity index (χ1) is 9.46. The summed E-state index contributed by atoms with van der Waals surface area (Å²) in [5.41, 5.74) is -0.917. The summed E-state index contributed by atoms with van der Waals surface area (Å²) in [6, 6.07) is 0.375. The molecule has 2 heterocycles. The minimum Gasteiger partial charge on any atom is -0.481 e. The topological polar surface area (TPSA) is 49.8 Å². The molecule has 0 amide bonds. The zero-order chi connectivity index (χ0) is 16.1. The molecule has 2 aliphatic heterocycles. The Morgan fingerprint density at radius 2 is 1.90 bits per heavy atom. The van der Waals surface area contributed by atoms with Crippen LogP contribution in [0.3, 0.4) is 0 Å². The Morgan fingerprint density at radius 1 is 1.29 bits per heavy atom. The van der Waals surface area contributed by atoms with Gasteiger partial charge in [-0.1, -0.05) is 0 Å². The van der Waals surface area contributed by atoms with Gasteiger partial charge in [-0.3, -0.25) is 9.69 Å². The number of rotatable bonds is 3. The molecule has 2 aliphatic rings. The number of piperidine rings is 1. The molecule has 2 saturated heterocycles. The Balaban J connectivity index is 2.13. The summed E-state index contributed by atoms with van der Waals surface area (Å²) in [4.78, 5) is 14.0. The molecule has 2 rings (SSSR count). The molecule has 2 atom stereocenters. The van der Waals surface area contributed by atoms with Crippen molar-refractivity contribution in [3.63, 3.8) is 0 Å². The van der Waals surface area contributed by atoms with Crippen molar-refractivity contribution >= 4 is 5.97 Å². The van der Waals surface area contributed by atoms with Gasteiger partial charge in [0.15, 0.2) is 0 Å². The van der Waals surface area contributed by atoms with E-state index in [9.17, 15) is 9.90 Å². The number of carboxylic acids is 1. The molecule has 0 aliphatic carbocycles. The van der Waals surface area contributed by atoms with Gasteiger partial charge in [0, 0.05) is 12.6 Å². The van der Waals surface area contributed by atoms with Crippen molar-refractivity contribution in [1.29, 1.82) is 0 Å². The van der Waals surface area contributed by atoms with Gasteiger partial charge in [0.1, 0.15) is 0 Å². The van der Waals surface area contributed by atoms with E-state index in [-0.39, 0.29) is 17.1 Å². The monoisotopic (exact) mass is 297 g/mol. The molecule has 0 aromatic heterocycles. The lowest BCUT2D eigenvalue weighted by molar-refractivity contribution is -0.152. The van der Waals surface area contributed by atoms with Gasteiger partial charge >= 0.3 is 5.97 Å². The van der Waals surface area contributed by atoms with Crippen molar-refractivity contribution in [3.05, 3.63) is 0 Å². The van der Waals surface area contributed by atoms with E-state index in [0.29, 0.717) is 6.04 Å². The number of likely N-dealkylation sites (tertiary alicyclic amines) is 1. The molecular formula is C17H31NO3.